The van der Waals surface area contributed by atoms with Gasteiger partial charge in [-0.3, -0.25) is 0 Å². The second kappa shape index (κ2) is 4.63. The van der Waals surface area contributed by atoms with Gasteiger partial charge in [0.25, 0.3) is 0 Å². The molecule has 0 aromatic heterocycles. The van der Waals surface area contributed by atoms with E-state index in [2.05, 4.69) is 24.1 Å². The van der Waals surface area contributed by atoms with Gasteiger partial charge in [0, 0.05) is 18.6 Å². The Labute approximate surface area is 88.1 Å². The van der Waals surface area contributed by atoms with Gasteiger partial charge < -0.3 is 10.2 Å². The maximum Gasteiger partial charge on any atom is 0.0108 e. The molecule has 2 heteroatoms. The Morgan fingerprint density at radius 2 is 2.07 bits per heavy atom. The molecule has 14 heavy (non-hydrogen) atoms. The molecule has 2 heterocycles. The van der Waals surface area contributed by atoms with E-state index in [-0.39, 0.29) is 0 Å². The molecular weight excluding hydrogens is 172 g/mol. The average molecular weight is 196 g/mol. The summed E-state index contributed by atoms with van der Waals surface area (Å²) in [7, 11) is 0. The summed E-state index contributed by atoms with van der Waals surface area (Å²) in [6, 6.07) is 1.57. The van der Waals surface area contributed by atoms with Crippen molar-refractivity contribution in [3.63, 3.8) is 0 Å². The van der Waals surface area contributed by atoms with E-state index in [0.29, 0.717) is 0 Å². The van der Waals surface area contributed by atoms with Crippen molar-refractivity contribution in [3.05, 3.63) is 0 Å². The maximum atomic E-state index is 3.66. The third-order valence-electron chi connectivity index (χ3n) is 3.89. The van der Waals surface area contributed by atoms with Crippen LogP contribution in [-0.4, -0.2) is 36.6 Å². The van der Waals surface area contributed by atoms with E-state index < -0.39 is 0 Å². The molecule has 1 N–H and O–H groups in total. The zero-order valence-electron chi connectivity index (χ0n) is 9.63. The number of nitrogens with zero attached hydrogens (tertiary/aromatic N) is 1. The van der Waals surface area contributed by atoms with Gasteiger partial charge in [0.15, 0.2) is 0 Å². The van der Waals surface area contributed by atoms with Crippen LogP contribution in [-0.2, 0) is 0 Å². The molecule has 2 aliphatic rings. The predicted octanol–water partition coefficient (Wildman–Crippen LogP) is 1.86. The highest BCUT2D eigenvalue weighted by Gasteiger charge is 2.29. The molecule has 2 rings (SSSR count). The summed E-state index contributed by atoms with van der Waals surface area (Å²) in [4.78, 5) is 2.65. The van der Waals surface area contributed by atoms with E-state index in [1.54, 1.807) is 0 Å². The molecular formula is C12H24N2. The van der Waals surface area contributed by atoms with Gasteiger partial charge in [0.05, 0.1) is 0 Å². The van der Waals surface area contributed by atoms with Gasteiger partial charge in [-0.05, 0) is 58.5 Å². The molecule has 0 spiro atoms. The summed E-state index contributed by atoms with van der Waals surface area (Å²) >= 11 is 0. The zero-order chi connectivity index (χ0) is 9.97. The molecule has 2 fully saturated rings. The van der Waals surface area contributed by atoms with Crippen molar-refractivity contribution in [2.45, 2.75) is 51.6 Å². The Balaban J connectivity index is 1.86. The molecule has 0 amide bonds. The van der Waals surface area contributed by atoms with Crippen LogP contribution < -0.4 is 5.32 Å². The van der Waals surface area contributed by atoms with E-state index in [0.717, 1.165) is 18.0 Å². The average Bonchev–Trinajstić information content (AvgIpc) is 2.71. The summed E-state index contributed by atoms with van der Waals surface area (Å²) in [6.07, 6.45) is 5.65. The van der Waals surface area contributed by atoms with Crippen LogP contribution in [0.3, 0.4) is 0 Å². The zero-order valence-corrected chi connectivity index (χ0v) is 9.63. The van der Waals surface area contributed by atoms with E-state index in [9.17, 15) is 0 Å². The molecule has 2 nitrogen and oxygen atoms in total. The minimum absolute atomic E-state index is 0.735. The van der Waals surface area contributed by atoms with Crippen LogP contribution in [0.25, 0.3) is 0 Å². The summed E-state index contributed by atoms with van der Waals surface area (Å²) in [5.41, 5.74) is 0. The van der Waals surface area contributed by atoms with Crippen molar-refractivity contribution >= 4 is 0 Å². The highest BCUT2D eigenvalue weighted by molar-refractivity contribution is 4.86. The highest BCUT2D eigenvalue weighted by Crippen LogP contribution is 2.25. The predicted molar refractivity (Wildman–Crippen MR) is 60.5 cm³/mol. The number of nitrogens with one attached hydrogen (secondary N) is 1. The van der Waals surface area contributed by atoms with Gasteiger partial charge in [0.1, 0.15) is 0 Å². The third-order valence-corrected chi connectivity index (χ3v) is 3.89. The largest absolute Gasteiger partial charge is 0.314 e. The van der Waals surface area contributed by atoms with Gasteiger partial charge >= 0.3 is 0 Å². The number of hydrogen-bond donors (Lipinski definition) is 1. The second-order valence-electron chi connectivity index (χ2n) is 5.19. The van der Waals surface area contributed by atoms with E-state index in [4.69, 9.17) is 0 Å². The maximum absolute atomic E-state index is 3.66. The summed E-state index contributed by atoms with van der Waals surface area (Å²) < 4.78 is 0. The first kappa shape index (κ1) is 10.4. The number of likely N-dealkylation sites (tertiary alicyclic amines) is 1. The van der Waals surface area contributed by atoms with Crippen molar-refractivity contribution < 1.29 is 0 Å². The summed E-state index contributed by atoms with van der Waals surface area (Å²) in [5.74, 6) is 0.925. The van der Waals surface area contributed by atoms with Crippen LogP contribution >= 0.6 is 0 Å². The van der Waals surface area contributed by atoms with Crippen molar-refractivity contribution in [1.29, 1.82) is 0 Å². The number of piperidine rings is 1. The molecule has 0 aromatic carbocycles. The van der Waals surface area contributed by atoms with Crippen molar-refractivity contribution in [2.75, 3.05) is 19.6 Å². The fraction of sp³-hybridized carbons (Fsp3) is 1.00. The number of rotatable bonds is 2. The van der Waals surface area contributed by atoms with Crippen molar-refractivity contribution in [3.8, 4) is 0 Å². The molecule has 0 saturated carbocycles. The van der Waals surface area contributed by atoms with Crippen molar-refractivity contribution in [2.24, 2.45) is 5.92 Å². The first-order chi connectivity index (χ1) is 6.77. The lowest BCUT2D eigenvalue weighted by Crippen LogP contribution is -2.45. The normalized spacial score (nSPS) is 35.4. The Morgan fingerprint density at radius 3 is 2.71 bits per heavy atom. The molecule has 82 valence electrons. The van der Waals surface area contributed by atoms with Crippen LogP contribution in [0.1, 0.15) is 39.5 Å². The Morgan fingerprint density at radius 1 is 1.21 bits per heavy atom. The van der Waals surface area contributed by atoms with Gasteiger partial charge in [-0.2, -0.15) is 0 Å². The van der Waals surface area contributed by atoms with Crippen LogP contribution in [0.15, 0.2) is 0 Å². The Bertz CT molecular complexity index is 173. The smallest absolute Gasteiger partial charge is 0.0108 e. The molecule has 0 bridgehead atoms. The first-order valence-corrected chi connectivity index (χ1v) is 6.25. The minimum atomic E-state index is 0.735. The lowest BCUT2D eigenvalue weighted by molar-refractivity contribution is 0.122. The van der Waals surface area contributed by atoms with Crippen LogP contribution in [0, 0.1) is 5.92 Å². The molecule has 2 aliphatic heterocycles. The van der Waals surface area contributed by atoms with Gasteiger partial charge in [-0.25, -0.2) is 0 Å². The molecule has 0 radical (unpaired) electrons. The van der Waals surface area contributed by atoms with Crippen molar-refractivity contribution in [1.82, 2.24) is 10.2 Å². The van der Waals surface area contributed by atoms with Gasteiger partial charge in [0.2, 0.25) is 0 Å². The highest BCUT2D eigenvalue weighted by atomic mass is 15.2. The molecule has 0 aliphatic carbocycles. The second-order valence-corrected chi connectivity index (χ2v) is 5.19. The summed E-state index contributed by atoms with van der Waals surface area (Å²) in [6.45, 7) is 8.55. The van der Waals surface area contributed by atoms with Crippen LogP contribution in [0.5, 0.6) is 0 Å². The first-order valence-electron chi connectivity index (χ1n) is 6.25. The third kappa shape index (κ3) is 2.29. The van der Waals surface area contributed by atoms with Gasteiger partial charge in [-0.1, -0.05) is 0 Å². The standard InChI is InChI=1S/C12H24N2/c1-10(2)14-8-4-5-11(9-14)12-6-3-7-13-12/h10-13H,3-9H2,1-2H3. The molecule has 2 saturated heterocycles. The Hall–Kier alpha value is -0.0800. The lowest BCUT2D eigenvalue weighted by atomic mass is 9.89. The van der Waals surface area contributed by atoms with E-state index >= 15 is 0 Å². The summed E-state index contributed by atoms with van der Waals surface area (Å²) in [5, 5.41) is 3.66. The van der Waals surface area contributed by atoms with Crippen LogP contribution in [0.4, 0.5) is 0 Å². The molecule has 2 unspecified atom stereocenters. The van der Waals surface area contributed by atoms with Gasteiger partial charge in [-0.15, -0.1) is 0 Å². The van der Waals surface area contributed by atoms with Crippen LogP contribution in [0.2, 0.25) is 0 Å². The SMILES string of the molecule is CC(C)N1CCCC(C2CCCN2)C1. The van der Waals surface area contributed by atoms with E-state index in [1.807, 2.05) is 0 Å². The topological polar surface area (TPSA) is 15.3 Å². The molecule has 0 aromatic rings. The number of hydrogen-bond acceptors (Lipinski definition) is 2. The molecule has 2 atom stereocenters. The minimum Gasteiger partial charge on any atom is -0.314 e. The fourth-order valence-electron chi connectivity index (χ4n) is 2.95. The lowest BCUT2D eigenvalue weighted by Gasteiger charge is -2.38. The Kier molecular flexibility index (Phi) is 3.45. The monoisotopic (exact) mass is 196 g/mol. The quantitative estimate of drug-likeness (QED) is 0.725. The fourth-order valence-corrected chi connectivity index (χ4v) is 2.95. The van der Waals surface area contributed by atoms with E-state index in [1.165, 1.54) is 45.3 Å².